The molecule has 0 saturated carbocycles. The van der Waals surface area contributed by atoms with E-state index in [0.29, 0.717) is 23.7 Å². The molecule has 0 aliphatic heterocycles. The number of nitrogens with one attached hydrogen (secondary N) is 1. The molecule has 3 N–H and O–H groups in total. The summed E-state index contributed by atoms with van der Waals surface area (Å²) in [5.41, 5.74) is 6.15. The molecule has 0 bridgehead atoms. The summed E-state index contributed by atoms with van der Waals surface area (Å²) in [5.74, 6) is 0.680. The predicted molar refractivity (Wildman–Crippen MR) is 68.3 cm³/mol. The summed E-state index contributed by atoms with van der Waals surface area (Å²) in [6.07, 6.45) is 1.59. The third-order valence-electron chi connectivity index (χ3n) is 1.99. The van der Waals surface area contributed by atoms with Crippen LogP contribution in [0.25, 0.3) is 0 Å². The maximum Gasteiger partial charge on any atom is 0.257 e. The third-order valence-corrected chi connectivity index (χ3v) is 2.77. The van der Waals surface area contributed by atoms with Crippen molar-refractivity contribution in [2.24, 2.45) is 0 Å². The van der Waals surface area contributed by atoms with Crippen molar-refractivity contribution in [2.75, 3.05) is 30.9 Å². The van der Waals surface area contributed by atoms with E-state index in [1.165, 1.54) is 0 Å². The number of para-hydroxylation sites is 2. The summed E-state index contributed by atoms with van der Waals surface area (Å²) in [6.45, 7) is 0.292. The number of nitrogen functional groups attached to an aromatic ring is 1. The number of hydrogen-bond donors (Lipinski definition) is 2. The van der Waals surface area contributed by atoms with E-state index in [1.54, 1.807) is 30.5 Å². The number of nitrogens with two attached hydrogens (primary N) is 1. The quantitative estimate of drug-likeness (QED) is 0.709. The van der Waals surface area contributed by atoms with Gasteiger partial charge in [-0.25, -0.2) is 0 Å². The number of amides is 1. The molecule has 1 amide bonds. The highest BCUT2D eigenvalue weighted by molar-refractivity contribution is 7.84. The van der Waals surface area contributed by atoms with Gasteiger partial charge < -0.3 is 15.8 Å². The fraction of sp³-hybridized carbons (Fsp3) is 0.364. The second-order valence-corrected chi connectivity index (χ2v) is 5.01. The van der Waals surface area contributed by atoms with Crippen LogP contribution < -0.4 is 15.8 Å². The Morgan fingerprint density at radius 2 is 2.18 bits per heavy atom. The van der Waals surface area contributed by atoms with Gasteiger partial charge in [-0.05, 0) is 12.1 Å². The summed E-state index contributed by atoms with van der Waals surface area (Å²) in [6, 6.07) is 6.97. The van der Waals surface area contributed by atoms with Crippen LogP contribution >= 0.6 is 0 Å². The van der Waals surface area contributed by atoms with Crippen molar-refractivity contribution in [3.8, 4) is 5.75 Å². The Labute approximate surface area is 103 Å². The van der Waals surface area contributed by atoms with Crippen molar-refractivity contribution in [3.63, 3.8) is 0 Å². The molecule has 0 saturated heterocycles. The van der Waals surface area contributed by atoms with E-state index in [2.05, 4.69) is 5.32 Å². The van der Waals surface area contributed by atoms with Crippen LogP contribution in [0, 0.1) is 0 Å². The number of anilines is 1. The molecular weight excluding hydrogens is 240 g/mol. The summed E-state index contributed by atoms with van der Waals surface area (Å²) in [5, 5.41) is 2.61. The van der Waals surface area contributed by atoms with Gasteiger partial charge in [0.05, 0.1) is 5.69 Å². The van der Waals surface area contributed by atoms with Crippen LogP contribution in [0.1, 0.15) is 0 Å². The molecule has 0 aromatic heterocycles. The standard InChI is InChI=1S/C11H16N2O3S/c1-17(15)7-6-13-11(14)8-16-10-5-3-2-4-9(10)12/h2-5H,6-8,12H2,1H3,(H,13,14). The number of carbonyl (C=O) groups is 1. The number of carbonyl (C=O) groups excluding carboxylic acids is 1. The Hall–Kier alpha value is -1.56. The second kappa shape index (κ2) is 6.90. The van der Waals surface area contributed by atoms with Crippen molar-refractivity contribution in [1.82, 2.24) is 5.32 Å². The van der Waals surface area contributed by atoms with E-state index in [4.69, 9.17) is 10.5 Å². The molecule has 94 valence electrons. The first kappa shape index (κ1) is 13.5. The van der Waals surface area contributed by atoms with E-state index < -0.39 is 10.8 Å². The van der Waals surface area contributed by atoms with E-state index >= 15 is 0 Å². The molecule has 0 radical (unpaired) electrons. The van der Waals surface area contributed by atoms with Crippen molar-refractivity contribution in [2.45, 2.75) is 0 Å². The summed E-state index contributed by atoms with van der Waals surface area (Å²) < 4.78 is 16.0. The highest BCUT2D eigenvalue weighted by Gasteiger charge is 2.04. The van der Waals surface area contributed by atoms with Crippen LogP contribution in [0.15, 0.2) is 24.3 Å². The Kier molecular flexibility index (Phi) is 5.48. The van der Waals surface area contributed by atoms with Crippen molar-refractivity contribution in [3.05, 3.63) is 24.3 Å². The van der Waals surface area contributed by atoms with Gasteiger partial charge in [-0.1, -0.05) is 12.1 Å². The number of hydrogen-bond acceptors (Lipinski definition) is 4. The lowest BCUT2D eigenvalue weighted by atomic mass is 10.3. The first-order chi connectivity index (χ1) is 8.09. The lowest BCUT2D eigenvalue weighted by molar-refractivity contribution is -0.122. The van der Waals surface area contributed by atoms with Crippen molar-refractivity contribution >= 4 is 22.4 Å². The average Bonchev–Trinajstić information content (AvgIpc) is 2.27. The largest absolute Gasteiger partial charge is 0.482 e. The first-order valence-electron chi connectivity index (χ1n) is 5.13. The molecule has 5 nitrogen and oxygen atoms in total. The Morgan fingerprint density at radius 1 is 1.47 bits per heavy atom. The van der Waals surface area contributed by atoms with Gasteiger partial charge >= 0.3 is 0 Å². The van der Waals surface area contributed by atoms with E-state index in [-0.39, 0.29) is 12.5 Å². The van der Waals surface area contributed by atoms with Gasteiger partial charge in [0.2, 0.25) is 0 Å². The minimum atomic E-state index is -0.901. The lowest BCUT2D eigenvalue weighted by Crippen LogP contribution is -2.31. The monoisotopic (exact) mass is 256 g/mol. The van der Waals surface area contributed by atoms with Gasteiger partial charge in [0.1, 0.15) is 5.75 Å². The molecule has 0 fully saturated rings. The van der Waals surface area contributed by atoms with Crippen LogP contribution in [0.5, 0.6) is 5.75 Å². The Balaban J connectivity index is 2.29. The van der Waals surface area contributed by atoms with Crippen LogP contribution in [0.3, 0.4) is 0 Å². The van der Waals surface area contributed by atoms with Gasteiger partial charge in [-0.3, -0.25) is 9.00 Å². The van der Waals surface area contributed by atoms with Gasteiger partial charge in [0, 0.05) is 29.4 Å². The van der Waals surface area contributed by atoms with Crippen LogP contribution in [0.4, 0.5) is 5.69 Å². The van der Waals surface area contributed by atoms with Crippen molar-refractivity contribution < 1.29 is 13.7 Å². The van der Waals surface area contributed by atoms with Gasteiger partial charge in [-0.15, -0.1) is 0 Å². The van der Waals surface area contributed by atoms with E-state index in [9.17, 15) is 9.00 Å². The molecule has 1 atom stereocenters. The smallest absolute Gasteiger partial charge is 0.257 e. The predicted octanol–water partition coefficient (Wildman–Crippen LogP) is 0.142. The first-order valence-corrected chi connectivity index (χ1v) is 6.86. The third kappa shape index (κ3) is 5.35. The van der Waals surface area contributed by atoms with Crippen LogP contribution in [0.2, 0.25) is 0 Å². The van der Waals surface area contributed by atoms with Crippen molar-refractivity contribution in [1.29, 1.82) is 0 Å². The molecule has 0 spiro atoms. The molecule has 1 aromatic rings. The molecule has 0 aliphatic rings. The maximum absolute atomic E-state index is 11.3. The van der Waals surface area contributed by atoms with Crippen LogP contribution in [-0.2, 0) is 15.6 Å². The van der Waals surface area contributed by atoms with Gasteiger partial charge in [0.25, 0.3) is 5.91 Å². The Morgan fingerprint density at radius 3 is 2.82 bits per heavy atom. The molecule has 6 heteroatoms. The minimum absolute atomic E-state index is 0.0927. The van der Waals surface area contributed by atoms with E-state index in [1.807, 2.05) is 0 Å². The highest BCUT2D eigenvalue weighted by atomic mass is 32.2. The molecule has 0 heterocycles. The molecule has 0 aliphatic carbocycles. The number of rotatable bonds is 6. The molecule has 1 unspecified atom stereocenters. The highest BCUT2D eigenvalue weighted by Crippen LogP contribution is 2.19. The maximum atomic E-state index is 11.3. The number of ether oxygens (including phenoxy) is 1. The fourth-order valence-electron chi connectivity index (χ4n) is 1.14. The van der Waals surface area contributed by atoms with E-state index in [0.717, 1.165) is 0 Å². The molecule has 1 rings (SSSR count). The summed E-state index contributed by atoms with van der Waals surface area (Å²) in [4.78, 5) is 11.3. The summed E-state index contributed by atoms with van der Waals surface area (Å²) >= 11 is 0. The second-order valence-electron chi connectivity index (χ2n) is 3.45. The normalized spacial score (nSPS) is 11.8. The zero-order chi connectivity index (χ0) is 12.7. The SMILES string of the molecule is CS(=O)CCNC(=O)COc1ccccc1N. The Bertz CT molecular complexity index is 409. The van der Waals surface area contributed by atoms with Gasteiger partial charge in [-0.2, -0.15) is 0 Å². The molecular formula is C11H16N2O3S. The molecule has 17 heavy (non-hydrogen) atoms. The lowest BCUT2D eigenvalue weighted by Gasteiger charge is -2.08. The molecule has 1 aromatic carbocycles. The summed E-state index contributed by atoms with van der Waals surface area (Å²) in [7, 11) is -0.901. The van der Waals surface area contributed by atoms with Crippen LogP contribution in [-0.4, -0.2) is 35.3 Å². The van der Waals surface area contributed by atoms with Gasteiger partial charge in [0.15, 0.2) is 6.61 Å². The average molecular weight is 256 g/mol. The zero-order valence-corrected chi connectivity index (χ0v) is 10.5. The fourth-order valence-corrected chi connectivity index (χ4v) is 1.53. The minimum Gasteiger partial charge on any atom is -0.482 e. The number of benzene rings is 1. The topological polar surface area (TPSA) is 81.4 Å². The zero-order valence-electron chi connectivity index (χ0n) is 9.64.